The highest BCUT2D eigenvalue weighted by atomic mass is 16.6. The third kappa shape index (κ3) is 4.48. The monoisotopic (exact) mass is 254 g/mol. The fraction of sp³-hybridized carbons (Fsp3) is 0.929. The fourth-order valence-electron chi connectivity index (χ4n) is 2.55. The first kappa shape index (κ1) is 13.7. The summed E-state index contributed by atoms with van der Waals surface area (Å²) in [6.07, 6.45) is 4.97. The number of ether oxygens (including phenoxy) is 1. The first-order chi connectivity index (χ1) is 8.44. The molecule has 104 valence electrons. The average Bonchev–Trinajstić information content (AvgIpc) is 3.08. The van der Waals surface area contributed by atoms with E-state index in [0.29, 0.717) is 5.92 Å². The van der Waals surface area contributed by atoms with Gasteiger partial charge in [-0.15, -0.1) is 0 Å². The van der Waals surface area contributed by atoms with E-state index >= 15 is 0 Å². The molecule has 2 unspecified atom stereocenters. The van der Waals surface area contributed by atoms with Crippen molar-refractivity contribution in [3.05, 3.63) is 0 Å². The number of carbonyl (C=O) groups excluding carboxylic acids is 1. The second kappa shape index (κ2) is 5.47. The van der Waals surface area contributed by atoms with Crippen LogP contribution in [0.15, 0.2) is 0 Å². The number of piperidine rings is 1. The van der Waals surface area contributed by atoms with Gasteiger partial charge in [-0.05, 0) is 64.8 Å². The lowest BCUT2D eigenvalue weighted by Gasteiger charge is -2.30. The van der Waals surface area contributed by atoms with Crippen molar-refractivity contribution in [2.45, 2.75) is 58.1 Å². The maximum absolute atomic E-state index is 11.5. The van der Waals surface area contributed by atoms with Crippen molar-refractivity contribution in [3.63, 3.8) is 0 Å². The molecular formula is C14H26N2O2. The summed E-state index contributed by atoms with van der Waals surface area (Å²) in [5.74, 6) is 1.48. The Labute approximate surface area is 110 Å². The van der Waals surface area contributed by atoms with Crippen molar-refractivity contribution >= 4 is 6.09 Å². The number of alkyl carbamates (subject to hydrolysis) is 1. The number of carbonyl (C=O) groups is 1. The van der Waals surface area contributed by atoms with E-state index in [4.69, 9.17) is 4.74 Å². The van der Waals surface area contributed by atoms with Crippen LogP contribution in [0.3, 0.4) is 0 Å². The summed E-state index contributed by atoms with van der Waals surface area (Å²) >= 11 is 0. The zero-order chi connectivity index (χ0) is 13.2. The van der Waals surface area contributed by atoms with Crippen LogP contribution in [-0.4, -0.2) is 30.8 Å². The zero-order valence-electron chi connectivity index (χ0n) is 11.8. The van der Waals surface area contributed by atoms with E-state index in [1.54, 1.807) is 0 Å². The third-order valence-electron chi connectivity index (χ3n) is 3.68. The van der Waals surface area contributed by atoms with Crippen LogP contribution in [-0.2, 0) is 4.74 Å². The Balaban J connectivity index is 1.61. The molecule has 4 nitrogen and oxygen atoms in total. The molecule has 0 aromatic heterocycles. The second-order valence-corrected chi connectivity index (χ2v) is 6.68. The molecule has 1 saturated heterocycles. The molecule has 4 heteroatoms. The molecule has 2 fully saturated rings. The lowest BCUT2D eigenvalue weighted by atomic mass is 9.92. The molecule has 2 aliphatic rings. The molecule has 1 saturated carbocycles. The van der Waals surface area contributed by atoms with Crippen molar-refractivity contribution in [3.8, 4) is 0 Å². The van der Waals surface area contributed by atoms with E-state index in [0.717, 1.165) is 25.0 Å². The molecule has 0 aromatic carbocycles. The predicted molar refractivity (Wildman–Crippen MR) is 71.5 cm³/mol. The van der Waals surface area contributed by atoms with E-state index in [9.17, 15) is 4.79 Å². The molecule has 2 atom stereocenters. The number of hydrogen-bond donors (Lipinski definition) is 2. The van der Waals surface area contributed by atoms with Crippen LogP contribution in [0.5, 0.6) is 0 Å². The molecule has 0 spiro atoms. The molecule has 2 N–H and O–H groups in total. The predicted octanol–water partition coefficient (Wildman–Crippen LogP) is 2.29. The van der Waals surface area contributed by atoms with Gasteiger partial charge in [-0.25, -0.2) is 4.79 Å². The third-order valence-corrected chi connectivity index (χ3v) is 3.68. The van der Waals surface area contributed by atoms with Gasteiger partial charge in [0.1, 0.15) is 5.60 Å². The van der Waals surface area contributed by atoms with E-state index in [1.165, 1.54) is 25.7 Å². The highest BCUT2D eigenvalue weighted by Crippen LogP contribution is 2.36. The van der Waals surface area contributed by atoms with Crippen LogP contribution in [0, 0.1) is 11.8 Å². The second-order valence-electron chi connectivity index (χ2n) is 6.68. The van der Waals surface area contributed by atoms with Crippen molar-refractivity contribution in [2.75, 3.05) is 13.1 Å². The maximum Gasteiger partial charge on any atom is 0.407 e. The number of rotatable bonds is 3. The minimum Gasteiger partial charge on any atom is -0.444 e. The van der Waals surface area contributed by atoms with Crippen molar-refractivity contribution in [1.82, 2.24) is 10.6 Å². The number of hydrogen-bond acceptors (Lipinski definition) is 3. The SMILES string of the molecule is CC(C)(C)OC(=O)NCC1CCC(C2CC2)NC1. The Bertz CT molecular complexity index is 287. The van der Waals surface area contributed by atoms with Crippen molar-refractivity contribution in [1.29, 1.82) is 0 Å². The largest absolute Gasteiger partial charge is 0.444 e. The Hall–Kier alpha value is -0.770. The van der Waals surface area contributed by atoms with Crippen LogP contribution in [0.4, 0.5) is 4.79 Å². The quantitative estimate of drug-likeness (QED) is 0.812. The number of amides is 1. The van der Waals surface area contributed by atoms with Gasteiger partial charge < -0.3 is 15.4 Å². The molecule has 18 heavy (non-hydrogen) atoms. The standard InChI is InChI=1S/C14H26N2O2/c1-14(2,3)18-13(17)16-9-10-4-7-12(15-8-10)11-5-6-11/h10-12,15H,4-9H2,1-3H3,(H,16,17). The molecule has 2 rings (SSSR count). The summed E-state index contributed by atoms with van der Waals surface area (Å²) in [7, 11) is 0. The van der Waals surface area contributed by atoms with Gasteiger partial charge in [0.2, 0.25) is 0 Å². The lowest BCUT2D eigenvalue weighted by Crippen LogP contribution is -2.44. The Kier molecular flexibility index (Phi) is 4.15. The summed E-state index contributed by atoms with van der Waals surface area (Å²) in [5, 5.41) is 6.48. The average molecular weight is 254 g/mol. The van der Waals surface area contributed by atoms with E-state index < -0.39 is 5.60 Å². The summed E-state index contributed by atoms with van der Waals surface area (Å²) in [5.41, 5.74) is -0.411. The van der Waals surface area contributed by atoms with Crippen molar-refractivity contribution < 1.29 is 9.53 Å². The maximum atomic E-state index is 11.5. The minimum absolute atomic E-state index is 0.299. The highest BCUT2D eigenvalue weighted by molar-refractivity contribution is 5.67. The molecule has 0 radical (unpaired) electrons. The van der Waals surface area contributed by atoms with E-state index in [1.807, 2.05) is 20.8 Å². The lowest BCUT2D eigenvalue weighted by molar-refractivity contribution is 0.0515. The smallest absolute Gasteiger partial charge is 0.407 e. The first-order valence-corrected chi connectivity index (χ1v) is 7.14. The van der Waals surface area contributed by atoms with Gasteiger partial charge in [-0.3, -0.25) is 0 Å². The molecule has 1 amide bonds. The van der Waals surface area contributed by atoms with Gasteiger partial charge in [0.05, 0.1) is 0 Å². The topological polar surface area (TPSA) is 50.4 Å². The highest BCUT2D eigenvalue weighted by Gasteiger charge is 2.33. The summed E-state index contributed by atoms with van der Waals surface area (Å²) in [4.78, 5) is 11.5. The van der Waals surface area contributed by atoms with E-state index in [-0.39, 0.29) is 6.09 Å². The Morgan fingerprint density at radius 2 is 2.00 bits per heavy atom. The van der Waals surface area contributed by atoms with Gasteiger partial charge in [-0.1, -0.05) is 0 Å². The molecule has 1 heterocycles. The Morgan fingerprint density at radius 3 is 2.50 bits per heavy atom. The summed E-state index contributed by atoms with van der Waals surface area (Å²) in [6, 6.07) is 0.739. The summed E-state index contributed by atoms with van der Waals surface area (Å²) in [6.45, 7) is 7.40. The van der Waals surface area contributed by atoms with Gasteiger partial charge in [0.15, 0.2) is 0 Å². The first-order valence-electron chi connectivity index (χ1n) is 7.14. The normalized spacial score (nSPS) is 28.8. The molecular weight excluding hydrogens is 228 g/mol. The van der Waals surface area contributed by atoms with Crippen LogP contribution in [0.1, 0.15) is 46.5 Å². The van der Waals surface area contributed by atoms with Crippen LogP contribution < -0.4 is 10.6 Å². The van der Waals surface area contributed by atoms with Crippen LogP contribution in [0.25, 0.3) is 0 Å². The minimum atomic E-state index is -0.411. The molecule has 0 aromatic rings. The van der Waals surface area contributed by atoms with Crippen LogP contribution in [0.2, 0.25) is 0 Å². The van der Waals surface area contributed by atoms with Gasteiger partial charge in [0, 0.05) is 12.6 Å². The van der Waals surface area contributed by atoms with E-state index in [2.05, 4.69) is 10.6 Å². The van der Waals surface area contributed by atoms with Crippen LogP contribution >= 0.6 is 0 Å². The molecule has 1 aliphatic carbocycles. The van der Waals surface area contributed by atoms with Gasteiger partial charge in [-0.2, -0.15) is 0 Å². The molecule has 1 aliphatic heterocycles. The van der Waals surface area contributed by atoms with Gasteiger partial charge in [0.25, 0.3) is 0 Å². The Morgan fingerprint density at radius 1 is 1.28 bits per heavy atom. The molecule has 0 bridgehead atoms. The summed E-state index contributed by atoms with van der Waals surface area (Å²) < 4.78 is 5.23. The number of nitrogens with one attached hydrogen (secondary N) is 2. The van der Waals surface area contributed by atoms with Crippen molar-refractivity contribution in [2.24, 2.45) is 11.8 Å². The zero-order valence-corrected chi connectivity index (χ0v) is 11.8. The van der Waals surface area contributed by atoms with Gasteiger partial charge >= 0.3 is 6.09 Å². The fourth-order valence-corrected chi connectivity index (χ4v) is 2.55.